The number of benzene rings is 1. The minimum Gasteiger partial charge on any atom is -0.346 e. The summed E-state index contributed by atoms with van der Waals surface area (Å²) in [6.45, 7) is 5.79. The van der Waals surface area contributed by atoms with Crippen molar-refractivity contribution in [3.05, 3.63) is 35.5 Å². The van der Waals surface area contributed by atoms with Crippen LogP contribution in [0.2, 0.25) is 0 Å². The minimum absolute atomic E-state index is 1.10. The van der Waals surface area contributed by atoms with Gasteiger partial charge >= 0.3 is 0 Å². The zero-order valence-corrected chi connectivity index (χ0v) is 10.7. The van der Waals surface area contributed by atoms with Gasteiger partial charge in [-0.1, -0.05) is 12.1 Å². The van der Waals surface area contributed by atoms with E-state index >= 15 is 0 Å². The van der Waals surface area contributed by atoms with Gasteiger partial charge in [0.15, 0.2) is 0 Å². The van der Waals surface area contributed by atoms with Crippen LogP contribution in [-0.2, 0) is 13.6 Å². The van der Waals surface area contributed by atoms with Crippen LogP contribution in [0.15, 0.2) is 24.3 Å². The summed E-state index contributed by atoms with van der Waals surface area (Å²) in [5.41, 5.74) is 4.14. The monoisotopic (exact) mass is 228 g/mol. The molecule has 1 aliphatic heterocycles. The Morgan fingerprint density at radius 1 is 1.12 bits per heavy atom. The van der Waals surface area contributed by atoms with Crippen molar-refractivity contribution in [3.8, 4) is 0 Å². The van der Waals surface area contributed by atoms with E-state index in [1.54, 1.807) is 0 Å². The van der Waals surface area contributed by atoms with Gasteiger partial charge in [0.2, 0.25) is 0 Å². The molecular weight excluding hydrogens is 208 g/mol. The smallest absolute Gasteiger partial charge is 0.0482 e. The second-order valence-corrected chi connectivity index (χ2v) is 5.24. The van der Waals surface area contributed by atoms with Crippen LogP contribution in [0.4, 0.5) is 0 Å². The van der Waals surface area contributed by atoms with E-state index in [2.05, 4.69) is 47.7 Å². The first-order chi connectivity index (χ1) is 8.24. The van der Waals surface area contributed by atoms with Crippen LogP contribution < -0.4 is 0 Å². The Bertz CT molecular complexity index is 533. The fourth-order valence-corrected chi connectivity index (χ4v) is 2.82. The van der Waals surface area contributed by atoms with Crippen molar-refractivity contribution in [1.29, 1.82) is 0 Å². The highest BCUT2D eigenvalue weighted by molar-refractivity contribution is 5.81. The molecule has 1 saturated heterocycles. The summed E-state index contributed by atoms with van der Waals surface area (Å²) in [6, 6.07) is 9.05. The van der Waals surface area contributed by atoms with Crippen molar-refractivity contribution in [2.24, 2.45) is 7.05 Å². The second kappa shape index (κ2) is 4.19. The van der Waals surface area contributed by atoms with Crippen molar-refractivity contribution in [1.82, 2.24) is 9.47 Å². The summed E-state index contributed by atoms with van der Waals surface area (Å²) < 4.78 is 2.35. The van der Waals surface area contributed by atoms with Gasteiger partial charge in [-0.25, -0.2) is 0 Å². The third-order valence-corrected chi connectivity index (χ3v) is 3.88. The number of aryl methyl sites for hydroxylation is 2. The molecule has 17 heavy (non-hydrogen) atoms. The van der Waals surface area contributed by atoms with Gasteiger partial charge in [0.25, 0.3) is 0 Å². The predicted molar refractivity (Wildman–Crippen MR) is 72.2 cm³/mol. The van der Waals surface area contributed by atoms with Crippen LogP contribution in [0.25, 0.3) is 10.9 Å². The minimum atomic E-state index is 1.10. The molecule has 2 heteroatoms. The van der Waals surface area contributed by atoms with Crippen molar-refractivity contribution in [3.63, 3.8) is 0 Å². The molecular formula is C15H20N2. The lowest BCUT2D eigenvalue weighted by molar-refractivity contribution is 0.324. The molecule has 0 radical (unpaired) electrons. The topological polar surface area (TPSA) is 8.17 Å². The molecule has 1 aliphatic rings. The summed E-state index contributed by atoms with van der Waals surface area (Å²) in [5.74, 6) is 0. The van der Waals surface area contributed by atoms with Crippen molar-refractivity contribution < 1.29 is 0 Å². The quantitative estimate of drug-likeness (QED) is 0.767. The largest absolute Gasteiger partial charge is 0.346 e. The number of rotatable bonds is 2. The number of hydrogen-bond donors (Lipinski definition) is 0. The molecule has 0 saturated carbocycles. The molecule has 0 atom stereocenters. The van der Waals surface area contributed by atoms with E-state index < -0.39 is 0 Å². The molecule has 1 aromatic carbocycles. The van der Waals surface area contributed by atoms with Crippen molar-refractivity contribution in [2.75, 3.05) is 13.1 Å². The average Bonchev–Trinajstić information content (AvgIpc) is 2.91. The highest BCUT2D eigenvalue weighted by Gasteiger charge is 2.14. The van der Waals surface area contributed by atoms with Crippen molar-refractivity contribution >= 4 is 10.9 Å². The Kier molecular flexibility index (Phi) is 2.67. The normalized spacial score (nSPS) is 17.1. The number of likely N-dealkylation sites (tertiary alicyclic amines) is 1. The molecule has 2 heterocycles. The van der Waals surface area contributed by atoms with E-state index in [0.717, 1.165) is 6.54 Å². The molecule has 0 bridgehead atoms. The zero-order valence-electron chi connectivity index (χ0n) is 10.7. The highest BCUT2D eigenvalue weighted by atomic mass is 15.2. The lowest BCUT2D eigenvalue weighted by atomic mass is 10.2. The molecule has 1 fully saturated rings. The molecule has 90 valence electrons. The van der Waals surface area contributed by atoms with Gasteiger partial charge in [-0.15, -0.1) is 0 Å². The van der Waals surface area contributed by atoms with Gasteiger partial charge in [-0.2, -0.15) is 0 Å². The maximum atomic E-state index is 2.56. The van der Waals surface area contributed by atoms with E-state index in [0.29, 0.717) is 0 Å². The van der Waals surface area contributed by atoms with E-state index in [9.17, 15) is 0 Å². The van der Waals surface area contributed by atoms with Gasteiger partial charge in [-0.3, -0.25) is 4.90 Å². The Morgan fingerprint density at radius 2 is 1.88 bits per heavy atom. The van der Waals surface area contributed by atoms with E-state index in [4.69, 9.17) is 0 Å². The standard InChI is InChI=1S/C15H20N2/c1-12-5-6-13-10-14(16(2)15(13)9-12)11-17-7-3-4-8-17/h5-6,9-10H,3-4,7-8,11H2,1-2H3. The van der Waals surface area contributed by atoms with Crippen LogP contribution >= 0.6 is 0 Å². The SMILES string of the molecule is Cc1ccc2cc(CN3CCCC3)n(C)c2c1. The van der Waals surface area contributed by atoms with Crippen LogP contribution in [0, 0.1) is 6.92 Å². The number of nitrogens with zero attached hydrogens (tertiary/aromatic N) is 2. The maximum Gasteiger partial charge on any atom is 0.0482 e. The Morgan fingerprint density at radius 3 is 2.65 bits per heavy atom. The van der Waals surface area contributed by atoms with E-state index in [1.165, 1.54) is 48.1 Å². The summed E-state index contributed by atoms with van der Waals surface area (Å²) in [4.78, 5) is 2.56. The summed E-state index contributed by atoms with van der Waals surface area (Å²) in [7, 11) is 2.19. The van der Waals surface area contributed by atoms with Crippen molar-refractivity contribution in [2.45, 2.75) is 26.3 Å². The predicted octanol–water partition coefficient (Wildman–Crippen LogP) is 3.08. The molecule has 2 nitrogen and oxygen atoms in total. The summed E-state index contributed by atoms with van der Waals surface area (Å²) in [6.07, 6.45) is 2.73. The molecule has 2 aromatic rings. The first kappa shape index (κ1) is 10.8. The molecule has 3 rings (SSSR count). The third-order valence-electron chi connectivity index (χ3n) is 3.88. The number of hydrogen-bond acceptors (Lipinski definition) is 1. The van der Waals surface area contributed by atoms with Gasteiger partial charge < -0.3 is 4.57 Å². The van der Waals surface area contributed by atoms with Crippen LogP contribution in [0.1, 0.15) is 24.1 Å². The fraction of sp³-hybridized carbons (Fsp3) is 0.467. The van der Waals surface area contributed by atoms with Crippen LogP contribution in [-0.4, -0.2) is 22.6 Å². The van der Waals surface area contributed by atoms with Gasteiger partial charge in [0.1, 0.15) is 0 Å². The Hall–Kier alpha value is -1.28. The molecule has 0 amide bonds. The molecule has 0 N–H and O–H groups in total. The number of aromatic nitrogens is 1. The second-order valence-electron chi connectivity index (χ2n) is 5.24. The van der Waals surface area contributed by atoms with Crippen LogP contribution in [0.3, 0.4) is 0 Å². The molecule has 0 unspecified atom stereocenters. The van der Waals surface area contributed by atoms with Gasteiger partial charge in [0.05, 0.1) is 0 Å². The van der Waals surface area contributed by atoms with E-state index in [-0.39, 0.29) is 0 Å². The first-order valence-electron chi connectivity index (χ1n) is 6.51. The lowest BCUT2D eigenvalue weighted by Crippen LogP contribution is -2.19. The van der Waals surface area contributed by atoms with Gasteiger partial charge in [-0.05, 0) is 55.9 Å². The Balaban J connectivity index is 1.96. The summed E-state index contributed by atoms with van der Waals surface area (Å²) in [5, 5.41) is 1.37. The molecule has 0 aliphatic carbocycles. The number of fused-ring (bicyclic) bond motifs is 1. The highest BCUT2D eigenvalue weighted by Crippen LogP contribution is 2.22. The summed E-state index contributed by atoms with van der Waals surface area (Å²) >= 11 is 0. The van der Waals surface area contributed by atoms with Crippen LogP contribution in [0.5, 0.6) is 0 Å². The van der Waals surface area contributed by atoms with E-state index in [1.807, 2.05) is 0 Å². The maximum absolute atomic E-state index is 2.56. The van der Waals surface area contributed by atoms with Gasteiger partial charge in [0, 0.05) is 24.8 Å². The Labute approximate surface area is 103 Å². The molecule has 0 spiro atoms. The first-order valence-corrected chi connectivity index (χ1v) is 6.51. The third kappa shape index (κ3) is 1.98. The molecule has 1 aromatic heterocycles. The zero-order chi connectivity index (χ0) is 11.8. The average molecular weight is 228 g/mol. The lowest BCUT2D eigenvalue weighted by Gasteiger charge is -2.15. The fourth-order valence-electron chi connectivity index (χ4n) is 2.82.